The molecule has 0 bridgehead atoms. The van der Waals surface area contributed by atoms with Crippen LogP contribution in [0.25, 0.3) is 0 Å². The summed E-state index contributed by atoms with van der Waals surface area (Å²) in [4.78, 5) is 14.9. The normalized spacial score (nSPS) is 29.6. The Hall–Kier alpha value is -0.220. The quantitative estimate of drug-likeness (QED) is 0.818. The zero-order valence-electron chi connectivity index (χ0n) is 13.4. The van der Waals surface area contributed by atoms with Crippen LogP contribution in [0.3, 0.4) is 0 Å². The van der Waals surface area contributed by atoms with Crippen molar-refractivity contribution in [2.75, 3.05) is 12.8 Å². The van der Waals surface area contributed by atoms with Gasteiger partial charge in [0.1, 0.15) is 0 Å². The first-order valence-electron chi connectivity index (χ1n) is 8.12. The van der Waals surface area contributed by atoms with Gasteiger partial charge in [0.05, 0.1) is 12.2 Å². The van der Waals surface area contributed by atoms with Crippen molar-refractivity contribution in [1.29, 1.82) is 0 Å². The zero-order valence-corrected chi connectivity index (χ0v) is 14.2. The maximum Gasteiger partial charge on any atom is 0.241 e. The van der Waals surface area contributed by atoms with Crippen LogP contribution in [-0.2, 0) is 4.79 Å². The second-order valence-corrected chi connectivity index (χ2v) is 8.15. The molecule has 116 valence electrons. The van der Waals surface area contributed by atoms with Crippen molar-refractivity contribution >= 4 is 17.7 Å². The summed E-state index contributed by atoms with van der Waals surface area (Å²) in [6, 6.07) is 0.0506. The molecular weight excluding hydrogens is 268 g/mol. The molecule has 4 heteroatoms. The molecule has 1 amide bonds. The lowest BCUT2D eigenvalue weighted by Gasteiger charge is -2.30. The van der Waals surface area contributed by atoms with E-state index in [-0.39, 0.29) is 6.04 Å². The summed E-state index contributed by atoms with van der Waals surface area (Å²) in [5.74, 6) is 1.58. The molecule has 3 atom stereocenters. The third-order valence-electron chi connectivity index (χ3n) is 4.70. The van der Waals surface area contributed by atoms with Crippen LogP contribution in [0.4, 0.5) is 0 Å². The molecule has 1 aliphatic carbocycles. The summed E-state index contributed by atoms with van der Waals surface area (Å²) in [5.41, 5.74) is 0. The van der Waals surface area contributed by atoms with Crippen molar-refractivity contribution in [2.45, 2.75) is 70.3 Å². The van der Waals surface area contributed by atoms with Gasteiger partial charge in [-0.15, -0.1) is 0 Å². The fourth-order valence-electron chi connectivity index (χ4n) is 3.56. The number of hydrogen-bond acceptors (Lipinski definition) is 3. The molecule has 0 aromatic carbocycles. The van der Waals surface area contributed by atoms with E-state index < -0.39 is 0 Å². The number of nitrogens with zero attached hydrogens (tertiary/aromatic N) is 1. The third-order valence-corrected chi connectivity index (χ3v) is 5.65. The molecular formula is C16H30N2OS. The summed E-state index contributed by atoms with van der Waals surface area (Å²) in [6.07, 6.45) is 8.62. The van der Waals surface area contributed by atoms with E-state index in [0.29, 0.717) is 29.2 Å². The standard InChI is InChI=1S/C16H30N2OS/c1-11(2)9-14-16(19)18(10-12(3)20-4)15(17-14)13-7-5-6-8-13/h11-15,17H,5-10H2,1-4H3. The van der Waals surface area contributed by atoms with Gasteiger partial charge in [-0.25, -0.2) is 0 Å². The van der Waals surface area contributed by atoms with Crippen molar-refractivity contribution in [3.05, 3.63) is 0 Å². The average Bonchev–Trinajstić information content (AvgIpc) is 3.01. The van der Waals surface area contributed by atoms with E-state index >= 15 is 0 Å². The van der Waals surface area contributed by atoms with Gasteiger partial charge in [0.25, 0.3) is 0 Å². The molecule has 1 saturated carbocycles. The largest absolute Gasteiger partial charge is 0.324 e. The average molecular weight is 298 g/mol. The maximum absolute atomic E-state index is 12.7. The van der Waals surface area contributed by atoms with E-state index in [1.165, 1.54) is 25.7 Å². The Labute approximate surface area is 128 Å². The number of rotatable bonds is 6. The minimum absolute atomic E-state index is 0.0506. The molecule has 1 heterocycles. The molecule has 0 aromatic rings. The summed E-state index contributed by atoms with van der Waals surface area (Å²) in [6.45, 7) is 7.52. The van der Waals surface area contributed by atoms with Crippen molar-refractivity contribution in [1.82, 2.24) is 10.2 Å². The highest BCUT2D eigenvalue weighted by atomic mass is 32.2. The van der Waals surface area contributed by atoms with E-state index in [1.54, 1.807) is 0 Å². The SMILES string of the molecule is CSC(C)CN1C(=O)C(CC(C)C)NC1C1CCCC1. The van der Waals surface area contributed by atoms with E-state index in [4.69, 9.17) is 0 Å². The highest BCUT2D eigenvalue weighted by Crippen LogP contribution is 2.33. The predicted molar refractivity (Wildman–Crippen MR) is 86.8 cm³/mol. The van der Waals surface area contributed by atoms with Gasteiger partial charge in [-0.2, -0.15) is 11.8 Å². The Kier molecular flexibility index (Phi) is 5.79. The lowest BCUT2D eigenvalue weighted by molar-refractivity contribution is -0.130. The minimum Gasteiger partial charge on any atom is -0.324 e. The maximum atomic E-state index is 12.7. The highest BCUT2D eigenvalue weighted by molar-refractivity contribution is 7.99. The number of carbonyl (C=O) groups excluding carboxylic acids is 1. The van der Waals surface area contributed by atoms with Crippen molar-refractivity contribution in [2.24, 2.45) is 11.8 Å². The number of nitrogens with one attached hydrogen (secondary N) is 1. The number of thioether (sulfide) groups is 1. The molecule has 1 aliphatic heterocycles. The van der Waals surface area contributed by atoms with Crippen molar-refractivity contribution in [3.63, 3.8) is 0 Å². The van der Waals surface area contributed by atoms with Gasteiger partial charge in [-0.05, 0) is 37.4 Å². The number of carbonyl (C=O) groups is 1. The van der Waals surface area contributed by atoms with Gasteiger partial charge >= 0.3 is 0 Å². The highest BCUT2D eigenvalue weighted by Gasteiger charge is 2.43. The molecule has 2 aliphatic rings. The molecule has 20 heavy (non-hydrogen) atoms. The Balaban J connectivity index is 2.07. The van der Waals surface area contributed by atoms with E-state index in [1.807, 2.05) is 11.8 Å². The second-order valence-electron chi connectivity index (χ2n) is 6.88. The zero-order chi connectivity index (χ0) is 14.7. The third kappa shape index (κ3) is 3.70. The van der Waals surface area contributed by atoms with Gasteiger partial charge in [0.2, 0.25) is 5.91 Å². The van der Waals surface area contributed by atoms with Gasteiger partial charge < -0.3 is 4.90 Å². The van der Waals surface area contributed by atoms with E-state index in [9.17, 15) is 4.79 Å². The molecule has 1 N–H and O–H groups in total. The Morgan fingerprint density at radius 3 is 2.50 bits per heavy atom. The predicted octanol–water partition coefficient (Wildman–Crippen LogP) is 3.10. The van der Waals surface area contributed by atoms with Crippen LogP contribution >= 0.6 is 11.8 Å². The first-order chi connectivity index (χ1) is 9.52. The molecule has 1 saturated heterocycles. The number of amides is 1. The fraction of sp³-hybridized carbons (Fsp3) is 0.938. The minimum atomic E-state index is 0.0506. The fourth-order valence-corrected chi connectivity index (χ4v) is 3.87. The topological polar surface area (TPSA) is 32.3 Å². The van der Waals surface area contributed by atoms with Crippen LogP contribution in [-0.4, -0.2) is 41.1 Å². The second kappa shape index (κ2) is 7.17. The van der Waals surface area contributed by atoms with Crippen molar-refractivity contribution < 1.29 is 4.79 Å². The lowest BCUT2D eigenvalue weighted by Crippen LogP contribution is -2.44. The van der Waals surface area contributed by atoms with Gasteiger partial charge in [0.15, 0.2) is 0 Å². The Morgan fingerprint density at radius 2 is 1.95 bits per heavy atom. The first-order valence-corrected chi connectivity index (χ1v) is 9.41. The van der Waals surface area contributed by atoms with Crippen molar-refractivity contribution in [3.8, 4) is 0 Å². The molecule has 3 nitrogen and oxygen atoms in total. The Bertz CT molecular complexity index is 328. The lowest BCUT2D eigenvalue weighted by atomic mass is 10.0. The molecule has 0 aromatic heterocycles. The Morgan fingerprint density at radius 1 is 1.30 bits per heavy atom. The summed E-state index contributed by atoms with van der Waals surface area (Å²) in [7, 11) is 0. The van der Waals surface area contributed by atoms with Gasteiger partial charge in [0, 0.05) is 11.8 Å². The van der Waals surface area contributed by atoms with Crippen LogP contribution < -0.4 is 5.32 Å². The summed E-state index contributed by atoms with van der Waals surface area (Å²) in [5, 5.41) is 4.18. The summed E-state index contributed by atoms with van der Waals surface area (Å²) >= 11 is 1.85. The van der Waals surface area contributed by atoms with Crippen LogP contribution in [0.5, 0.6) is 0 Å². The molecule has 2 fully saturated rings. The van der Waals surface area contributed by atoms with Gasteiger partial charge in [-0.3, -0.25) is 10.1 Å². The van der Waals surface area contributed by atoms with Crippen LogP contribution in [0.1, 0.15) is 52.9 Å². The van der Waals surface area contributed by atoms with Crippen LogP contribution in [0, 0.1) is 11.8 Å². The molecule has 3 unspecified atom stereocenters. The first kappa shape index (κ1) is 16.2. The van der Waals surface area contributed by atoms with Gasteiger partial charge in [-0.1, -0.05) is 33.6 Å². The van der Waals surface area contributed by atoms with Crippen LogP contribution in [0.2, 0.25) is 0 Å². The number of hydrogen-bond donors (Lipinski definition) is 1. The monoisotopic (exact) mass is 298 g/mol. The molecule has 0 radical (unpaired) electrons. The van der Waals surface area contributed by atoms with E-state index in [2.05, 4.69) is 37.2 Å². The van der Waals surface area contributed by atoms with E-state index in [0.717, 1.165) is 13.0 Å². The van der Waals surface area contributed by atoms with Crippen LogP contribution in [0.15, 0.2) is 0 Å². The molecule has 0 spiro atoms. The smallest absolute Gasteiger partial charge is 0.241 e. The molecule has 2 rings (SSSR count). The summed E-state index contributed by atoms with van der Waals surface area (Å²) < 4.78 is 0.